The Balaban J connectivity index is 4.31. The normalized spacial score (nSPS) is 13.4. The van der Waals surface area contributed by atoms with Crippen molar-refractivity contribution in [2.24, 2.45) is 0 Å². The van der Waals surface area contributed by atoms with Crippen LogP contribution in [0.4, 0.5) is 0 Å². The molecule has 9 nitrogen and oxygen atoms in total. The van der Waals surface area contributed by atoms with Crippen molar-refractivity contribution < 1.29 is 42.9 Å². The number of rotatable bonds is 49. The molecule has 0 aromatic rings. The molecule has 0 saturated carbocycles. The van der Waals surface area contributed by atoms with E-state index in [-0.39, 0.29) is 38.6 Å². The van der Waals surface area contributed by atoms with Gasteiger partial charge in [0.25, 0.3) is 0 Å². The minimum Gasteiger partial charge on any atom is -0.545 e. The Morgan fingerprint density at radius 3 is 1.27 bits per heavy atom. The fraction of sp³-hybridized carbons (Fsp3) is 0.741. The van der Waals surface area contributed by atoms with E-state index in [4.69, 9.17) is 18.9 Å². The summed E-state index contributed by atoms with van der Waals surface area (Å²) < 4.78 is 22.6. The van der Waals surface area contributed by atoms with E-state index in [1.165, 1.54) is 96.3 Å². The van der Waals surface area contributed by atoms with Gasteiger partial charge in [-0.25, -0.2) is 0 Å². The summed E-state index contributed by atoms with van der Waals surface area (Å²) in [5.41, 5.74) is 0. The second-order valence-corrected chi connectivity index (χ2v) is 19.1. The van der Waals surface area contributed by atoms with Gasteiger partial charge in [-0.3, -0.25) is 9.59 Å². The largest absolute Gasteiger partial charge is 0.545 e. The van der Waals surface area contributed by atoms with Gasteiger partial charge in [0.05, 0.1) is 40.3 Å². The molecule has 0 amide bonds. The molecule has 9 heteroatoms. The molecule has 0 aliphatic carbocycles. The van der Waals surface area contributed by atoms with E-state index in [9.17, 15) is 19.5 Å². The van der Waals surface area contributed by atoms with E-state index in [1.807, 2.05) is 21.1 Å². The zero-order valence-electron chi connectivity index (χ0n) is 43.8. The van der Waals surface area contributed by atoms with E-state index in [2.05, 4.69) is 86.8 Å². The maximum Gasteiger partial charge on any atom is 0.306 e. The van der Waals surface area contributed by atoms with Crippen molar-refractivity contribution >= 4 is 17.9 Å². The van der Waals surface area contributed by atoms with E-state index < -0.39 is 24.3 Å². The maximum atomic E-state index is 12.8. The second-order valence-electron chi connectivity index (χ2n) is 19.1. The van der Waals surface area contributed by atoms with Crippen LogP contribution in [0.15, 0.2) is 72.9 Å². The molecule has 0 radical (unpaired) electrons. The van der Waals surface area contributed by atoms with E-state index in [0.29, 0.717) is 17.4 Å². The molecule has 0 spiro atoms. The number of carbonyl (C=O) groups excluding carboxylic acids is 3. The molecule has 386 valence electrons. The average Bonchev–Trinajstić information content (AvgIpc) is 3.29. The van der Waals surface area contributed by atoms with Crippen LogP contribution in [0.2, 0.25) is 0 Å². The molecule has 0 aromatic heterocycles. The first-order chi connectivity index (χ1) is 32.6. The molecule has 0 fully saturated rings. The Hall–Kier alpha value is -3.27. The molecule has 0 aliphatic rings. The highest BCUT2D eigenvalue weighted by atomic mass is 16.7. The van der Waals surface area contributed by atoms with Crippen molar-refractivity contribution in [1.82, 2.24) is 0 Å². The predicted molar refractivity (Wildman–Crippen MR) is 278 cm³/mol. The van der Waals surface area contributed by atoms with Crippen LogP contribution in [0.25, 0.3) is 0 Å². The molecule has 0 aromatic carbocycles. The summed E-state index contributed by atoms with van der Waals surface area (Å²) in [5, 5.41) is 11.7. The van der Waals surface area contributed by atoms with Crippen molar-refractivity contribution in [2.75, 3.05) is 47.5 Å². The van der Waals surface area contributed by atoms with Crippen molar-refractivity contribution in [3.8, 4) is 0 Å². The van der Waals surface area contributed by atoms with Gasteiger partial charge in [-0.15, -0.1) is 0 Å². The minimum absolute atomic E-state index is 0.142. The molecule has 67 heavy (non-hydrogen) atoms. The van der Waals surface area contributed by atoms with Crippen LogP contribution in [0.1, 0.15) is 219 Å². The summed E-state index contributed by atoms with van der Waals surface area (Å²) in [6.45, 7) is 4.61. The van der Waals surface area contributed by atoms with Gasteiger partial charge in [0.1, 0.15) is 13.2 Å². The van der Waals surface area contributed by atoms with Gasteiger partial charge in [-0.2, -0.15) is 0 Å². The van der Waals surface area contributed by atoms with Crippen LogP contribution in [0.3, 0.4) is 0 Å². The van der Waals surface area contributed by atoms with Crippen LogP contribution in [-0.2, 0) is 33.3 Å². The molecule has 0 bridgehead atoms. The van der Waals surface area contributed by atoms with Gasteiger partial charge >= 0.3 is 11.9 Å². The van der Waals surface area contributed by atoms with Crippen molar-refractivity contribution in [2.45, 2.75) is 232 Å². The molecule has 0 aliphatic heterocycles. The molecule has 0 heterocycles. The number of quaternary nitrogens is 1. The first-order valence-corrected chi connectivity index (χ1v) is 27.1. The molecule has 0 rings (SSSR count). The van der Waals surface area contributed by atoms with Crippen LogP contribution >= 0.6 is 0 Å². The monoisotopic (exact) mass is 940 g/mol. The number of carbonyl (C=O) groups is 3. The van der Waals surface area contributed by atoms with Crippen LogP contribution in [0, 0.1) is 0 Å². The lowest BCUT2D eigenvalue weighted by Crippen LogP contribution is -2.44. The Labute approximate surface area is 411 Å². The smallest absolute Gasteiger partial charge is 0.306 e. The number of carboxylic acids is 1. The predicted octanol–water partition coefficient (Wildman–Crippen LogP) is 14.1. The number of hydrogen-bond donors (Lipinski definition) is 0. The molecule has 2 unspecified atom stereocenters. The van der Waals surface area contributed by atoms with E-state index >= 15 is 0 Å². The second kappa shape index (κ2) is 49.2. The number of ether oxygens (including phenoxy) is 4. The highest BCUT2D eigenvalue weighted by Crippen LogP contribution is 2.15. The maximum absolute atomic E-state index is 12.8. The standard InChI is InChI=1S/C58H101NO8/c1-6-8-10-12-14-16-18-20-22-24-25-26-27-28-29-30-31-33-35-37-39-41-43-45-47-49-56(61)67-54(53-66-58(57(62)63)64-51-50-59(3,4)5)52-65-55(60)48-46-44-42-40-38-36-34-32-23-21-19-17-15-13-11-9-7-2/h9,11,15,17-18,20-21,23-25,27-28,54,58H,6-8,10,12-14,16,19,22,26,29-53H2,1-5H3/b11-9-,17-15-,20-18-,23-21-,25-24-,28-27-. The molecular weight excluding hydrogens is 839 g/mol. The first-order valence-electron chi connectivity index (χ1n) is 27.1. The highest BCUT2D eigenvalue weighted by molar-refractivity contribution is 5.70. The van der Waals surface area contributed by atoms with Crippen molar-refractivity contribution in [3.63, 3.8) is 0 Å². The van der Waals surface area contributed by atoms with E-state index in [0.717, 1.165) is 89.9 Å². The zero-order chi connectivity index (χ0) is 49.2. The Kier molecular flexibility index (Phi) is 46.8. The number of allylic oxidation sites excluding steroid dienone is 12. The number of aliphatic carboxylic acids is 1. The van der Waals surface area contributed by atoms with Gasteiger partial charge in [0.2, 0.25) is 0 Å². The lowest BCUT2D eigenvalue weighted by atomic mass is 10.0. The Morgan fingerprint density at radius 2 is 0.851 bits per heavy atom. The molecule has 0 N–H and O–H groups in total. The summed E-state index contributed by atoms with van der Waals surface area (Å²) in [6, 6.07) is 0. The van der Waals surface area contributed by atoms with Crippen LogP contribution in [0.5, 0.6) is 0 Å². The highest BCUT2D eigenvalue weighted by Gasteiger charge is 2.22. The van der Waals surface area contributed by atoms with Gasteiger partial charge < -0.3 is 33.3 Å². The summed E-state index contributed by atoms with van der Waals surface area (Å²) in [4.78, 5) is 37.2. The minimum atomic E-state index is -1.63. The molecular formula is C58H101NO8. The summed E-state index contributed by atoms with van der Waals surface area (Å²) in [7, 11) is 5.91. The summed E-state index contributed by atoms with van der Waals surface area (Å²) >= 11 is 0. The first kappa shape index (κ1) is 63.7. The summed E-state index contributed by atoms with van der Waals surface area (Å²) in [6.07, 6.45) is 59.4. The number of unbranched alkanes of at least 4 members (excludes halogenated alkanes) is 22. The Morgan fingerprint density at radius 1 is 0.463 bits per heavy atom. The van der Waals surface area contributed by atoms with E-state index in [1.54, 1.807) is 0 Å². The lowest BCUT2D eigenvalue weighted by molar-refractivity contribution is -0.870. The van der Waals surface area contributed by atoms with Crippen molar-refractivity contribution in [3.05, 3.63) is 72.9 Å². The fourth-order valence-corrected chi connectivity index (χ4v) is 7.26. The fourth-order valence-electron chi connectivity index (χ4n) is 7.26. The van der Waals surface area contributed by atoms with Crippen molar-refractivity contribution in [1.29, 1.82) is 0 Å². The number of carboxylic acid groups (broad SMARTS) is 1. The third kappa shape index (κ3) is 50.4. The van der Waals surface area contributed by atoms with Gasteiger partial charge in [-0.05, 0) is 83.5 Å². The summed E-state index contributed by atoms with van der Waals surface area (Å²) in [5.74, 6) is -2.30. The zero-order valence-corrected chi connectivity index (χ0v) is 43.8. The number of nitrogens with zero attached hydrogens (tertiary/aromatic N) is 1. The number of hydrogen-bond acceptors (Lipinski definition) is 8. The third-order valence-corrected chi connectivity index (χ3v) is 11.4. The van der Waals surface area contributed by atoms with Crippen LogP contribution in [-0.4, -0.2) is 82.3 Å². The van der Waals surface area contributed by atoms with Gasteiger partial charge in [-0.1, -0.05) is 196 Å². The average molecular weight is 940 g/mol. The van der Waals surface area contributed by atoms with Gasteiger partial charge in [0, 0.05) is 12.8 Å². The Bertz CT molecular complexity index is 1330. The lowest BCUT2D eigenvalue weighted by Gasteiger charge is -2.26. The number of likely N-dealkylation sites (N-methyl/N-ethyl adjacent to an activating group) is 1. The quantitative estimate of drug-likeness (QED) is 0.0195. The molecule has 2 atom stereocenters. The third-order valence-electron chi connectivity index (χ3n) is 11.4. The SMILES string of the molecule is CC/C=C\C/C=C\C/C=C\CCCCCCCCCC(=O)OCC(COC(OCC[N+](C)(C)C)C(=O)[O-])OC(=O)CCCCCCCCCCCC/C=C\C/C=C\C/C=C\CCCCCCC. The van der Waals surface area contributed by atoms with Crippen LogP contribution < -0.4 is 5.11 Å². The molecule has 0 saturated heterocycles. The topological polar surface area (TPSA) is 111 Å². The number of esters is 2. The van der Waals surface area contributed by atoms with Gasteiger partial charge in [0.15, 0.2) is 12.4 Å².